The first-order valence-electron chi connectivity index (χ1n) is 5.88. The largest absolute Gasteiger partial charge is 0.419 e. The average Bonchev–Trinajstić information content (AvgIpc) is 2.71. The molecular weight excluding hydrogens is 265 g/mol. The van der Waals surface area contributed by atoms with Gasteiger partial charge in [0, 0.05) is 18.1 Å². The third-order valence-electron chi connectivity index (χ3n) is 3.21. The summed E-state index contributed by atoms with van der Waals surface area (Å²) in [6.07, 6.45) is -0.108. The SMILES string of the molecule is FC(F)(F)c1cccnc1NCC1CCCC1Cl. The smallest absolute Gasteiger partial charge is 0.369 e. The molecule has 0 saturated heterocycles. The van der Waals surface area contributed by atoms with Crippen molar-refractivity contribution in [1.29, 1.82) is 0 Å². The van der Waals surface area contributed by atoms with E-state index in [1.807, 2.05) is 0 Å². The van der Waals surface area contributed by atoms with E-state index in [9.17, 15) is 13.2 Å². The topological polar surface area (TPSA) is 24.9 Å². The van der Waals surface area contributed by atoms with Crippen molar-refractivity contribution < 1.29 is 13.2 Å². The molecule has 100 valence electrons. The molecule has 1 N–H and O–H groups in total. The van der Waals surface area contributed by atoms with Crippen LogP contribution in [0.1, 0.15) is 24.8 Å². The van der Waals surface area contributed by atoms with E-state index in [0.29, 0.717) is 6.54 Å². The number of nitrogens with zero attached hydrogens (tertiary/aromatic N) is 1. The van der Waals surface area contributed by atoms with Crippen LogP contribution in [0.4, 0.5) is 19.0 Å². The summed E-state index contributed by atoms with van der Waals surface area (Å²) < 4.78 is 38.2. The molecule has 2 atom stereocenters. The van der Waals surface area contributed by atoms with Gasteiger partial charge in [0.1, 0.15) is 5.82 Å². The Kier molecular flexibility index (Phi) is 4.00. The zero-order chi connectivity index (χ0) is 13.2. The fourth-order valence-electron chi connectivity index (χ4n) is 2.22. The third kappa shape index (κ3) is 3.07. The first-order valence-corrected chi connectivity index (χ1v) is 6.32. The molecule has 0 spiro atoms. The van der Waals surface area contributed by atoms with Crippen LogP contribution in [0, 0.1) is 5.92 Å². The van der Waals surface area contributed by atoms with Crippen LogP contribution < -0.4 is 5.32 Å². The van der Waals surface area contributed by atoms with Crippen LogP contribution in [-0.4, -0.2) is 16.9 Å². The molecule has 6 heteroatoms. The van der Waals surface area contributed by atoms with Gasteiger partial charge >= 0.3 is 6.18 Å². The van der Waals surface area contributed by atoms with Crippen LogP contribution in [-0.2, 0) is 6.18 Å². The number of hydrogen-bond donors (Lipinski definition) is 1. The van der Waals surface area contributed by atoms with Crippen LogP contribution in [0.5, 0.6) is 0 Å². The lowest BCUT2D eigenvalue weighted by Crippen LogP contribution is -2.21. The van der Waals surface area contributed by atoms with Crippen LogP contribution in [0.25, 0.3) is 0 Å². The number of halogens is 4. The Bertz CT molecular complexity index is 409. The van der Waals surface area contributed by atoms with Crippen LogP contribution in [0.15, 0.2) is 18.3 Å². The van der Waals surface area contributed by atoms with Crippen molar-refractivity contribution in [2.24, 2.45) is 5.92 Å². The molecule has 2 rings (SSSR count). The van der Waals surface area contributed by atoms with E-state index in [2.05, 4.69) is 10.3 Å². The fourth-order valence-corrected chi connectivity index (χ4v) is 2.59. The van der Waals surface area contributed by atoms with Gasteiger partial charge in [-0.25, -0.2) is 4.98 Å². The Morgan fingerprint density at radius 3 is 2.78 bits per heavy atom. The van der Waals surface area contributed by atoms with Crippen molar-refractivity contribution in [2.75, 3.05) is 11.9 Å². The molecule has 1 aliphatic rings. The van der Waals surface area contributed by atoms with E-state index in [4.69, 9.17) is 11.6 Å². The van der Waals surface area contributed by atoms with Gasteiger partial charge in [0.2, 0.25) is 0 Å². The molecule has 1 fully saturated rings. The molecule has 1 heterocycles. The summed E-state index contributed by atoms with van der Waals surface area (Å²) >= 11 is 6.09. The predicted molar refractivity (Wildman–Crippen MR) is 64.7 cm³/mol. The second-order valence-corrected chi connectivity index (χ2v) is 5.05. The van der Waals surface area contributed by atoms with Crippen LogP contribution in [0.3, 0.4) is 0 Å². The van der Waals surface area contributed by atoms with Gasteiger partial charge in [0.15, 0.2) is 0 Å². The van der Waals surface area contributed by atoms with Crippen molar-refractivity contribution in [3.8, 4) is 0 Å². The van der Waals surface area contributed by atoms with Gasteiger partial charge in [-0.1, -0.05) is 6.42 Å². The highest BCUT2D eigenvalue weighted by molar-refractivity contribution is 6.20. The number of anilines is 1. The van der Waals surface area contributed by atoms with Crippen LogP contribution in [0.2, 0.25) is 0 Å². The normalized spacial score (nSPS) is 24.2. The quantitative estimate of drug-likeness (QED) is 0.848. The maximum Gasteiger partial charge on any atom is 0.419 e. The Morgan fingerprint density at radius 1 is 1.39 bits per heavy atom. The molecule has 0 radical (unpaired) electrons. The Morgan fingerprint density at radius 2 is 2.17 bits per heavy atom. The summed E-state index contributed by atoms with van der Waals surface area (Å²) in [7, 11) is 0. The minimum absolute atomic E-state index is 0.0514. The first kappa shape index (κ1) is 13.5. The van der Waals surface area contributed by atoms with Gasteiger partial charge < -0.3 is 5.32 Å². The number of pyridine rings is 1. The number of rotatable bonds is 3. The monoisotopic (exact) mass is 278 g/mol. The van der Waals surface area contributed by atoms with E-state index in [1.54, 1.807) is 0 Å². The highest BCUT2D eigenvalue weighted by Gasteiger charge is 2.34. The van der Waals surface area contributed by atoms with E-state index >= 15 is 0 Å². The zero-order valence-corrected chi connectivity index (χ0v) is 10.4. The van der Waals surface area contributed by atoms with Gasteiger partial charge in [-0.2, -0.15) is 13.2 Å². The third-order valence-corrected chi connectivity index (χ3v) is 3.79. The molecule has 18 heavy (non-hydrogen) atoms. The summed E-state index contributed by atoms with van der Waals surface area (Å²) in [5.74, 6) is 0.107. The van der Waals surface area contributed by atoms with Crippen molar-refractivity contribution in [2.45, 2.75) is 30.8 Å². The second kappa shape index (κ2) is 5.34. The lowest BCUT2D eigenvalue weighted by atomic mass is 10.1. The molecule has 2 unspecified atom stereocenters. The molecule has 2 nitrogen and oxygen atoms in total. The molecule has 1 aromatic rings. The first-order chi connectivity index (χ1) is 8.48. The van der Waals surface area contributed by atoms with Gasteiger partial charge in [-0.15, -0.1) is 11.6 Å². The van der Waals surface area contributed by atoms with Gasteiger partial charge in [-0.3, -0.25) is 0 Å². The predicted octanol–water partition coefficient (Wildman–Crippen LogP) is 3.92. The van der Waals surface area contributed by atoms with Gasteiger partial charge in [-0.05, 0) is 30.9 Å². The molecule has 0 aliphatic heterocycles. The molecular formula is C12H14ClF3N2. The summed E-state index contributed by atoms with van der Waals surface area (Å²) in [6, 6.07) is 2.32. The highest BCUT2D eigenvalue weighted by Crippen LogP contribution is 2.34. The summed E-state index contributed by atoms with van der Waals surface area (Å²) in [5, 5.41) is 2.83. The molecule has 1 saturated carbocycles. The van der Waals surface area contributed by atoms with Crippen molar-refractivity contribution in [3.63, 3.8) is 0 Å². The molecule has 0 amide bonds. The van der Waals surface area contributed by atoms with E-state index < -0.39 is 11.7 Å². The van der Waals surface area contributed by atoms with E-state index in [-0.39, 0.29) is 17.1 Å². The van der Waals surface area contributed by atoms with Gasteiger partial charge in [0.05, 0.1) is 5.56 Å². The van der Waals surface area contributed by atoms with E-state index in [0.717, 1.165) is 25.3 Å². The standard InChI is InChI=1S/C12H14ClF3N2/c13-10-5-1-3-8(10)7-18-11-9(12(14,15)16)4-2-6-17-11/h2,4,6,8,10H,1,3,5,7H2,(H,17,18). The number of hydrogen-bond acceptors (Lipinski definition) is 2. The van der Waals surface area contributed by atoms with E-state index in [1.165, 1.54) is 12.3 Å². The van der Waals surface area contributed by atoms with Crippen molar-refractivity contribution in [1.82, 2.24) is 4.98 Å². The number of nitrogens with one attached hydrogen (secondary N) is 1. The Labute approximate surface area is 109 Å². The average molecular weight is 279 g/mol. The summed E-state index contributed by atoms with van der Waals surface area (Å²) in [6.45, 7) is 0.439. The van der Waals surface area contributed by atoms with Crippen molar-refractivity contribution in [3.05, 3.63) is 23.9 Å². The molecule has 0 bridgehead atoms. The minimum Gasteiger partial charge on any atom is -0.369 e. The number of alkyl halides is 4. The minimum atomic E-state index is -4.38. The maximum absolute atomic E-state index is 12.7. The summed E-state index contributed by atoms with van der Waals surface area (Å²) in [4.78, 5) is 3.76. The Hall–Kier alpha value is -0.970. The molecule has 0 aromatic carbocycles. The van der Waals surface area contributed by atoms with Crippen LogP contribution >= 0.6 is 11.6 Å². The molecule has 1 aliphatic carbocycles. The highest BCUT2D eigenvalue weighted by atomic mass is 35.5. The zero-order valence-electron chi connectivity index (χ0n) is 9.67. The fraction of sp³-hybridized carbons (Fsp3) is 0.583. The molecule has 1 aromatic heterocycles. The maximum atomic E-state index is 12.7. The second-order valence-electron chi connectivity index (χ2n) is 4.49. The Balaban J connectivity index is 2.05. The lowest BCUT2D eigenvalue weighted by molar-refractivity contribution is -0.137. The van der Waals surface area contributed by atoms with Crippen molar-refractivity contribution >= 4 is 17.4 Å². The summed E-state index contributed by atoms with van der Waals surface area (Å²) in [5.41, 5.74) is -0.728. The lowest BCUT2D eigenvalue weighted by Gasteiger charge is -2.17. The number of aromatic nitrogens is 1. The van der Waals surface area contributed by atoms with Gasteiger partial charge in [0.25, 0.3) is 0 Å².